The van der Waals surface area contributed by atoms with E-state index >= 15 is 0 Å². The first-order chi connectivity index (χ1) is 8.50. The van der Waals surface area contributed by atoms with Gasteiger partial charge in [-0.05, 0) is 12.5 Å². The number of nitrogens with one attached hydrogen (secondary N) is 1. The number of carbonyl (C=O) groups is 2. The average Bonchev–Trinajstić information content (AvgIpc) is 2.34. The molecule has 2 N–H and O–H groups in total. The van der Waals surface area contributed by atoms with E-state index in [-0.39, 0.29) is 12.7 Å². The zero-order chi connectivity index (χ0) is 13.5. The Labute approximate surface area is 106 Å². The van der Waals surface area contributed by atoms with Gasteiger partial charge in [0.2, 0.25) is 5.91 Å². The fourth-order valence-corrected chi connectivity index (χ4v) is 1.48. The second-order valence-electron chi connectivity index (χ2n) is 3.98. The minimum Gasteiger partial charge on any atom is -0.480 e. The predicted molar refractivity (Wildman–Crippen MR) is 66.0 cm³/mol. The van der Waals surface area contributed by atoms with Crippen LogP contribution in [-0.2, 0) is 14.3 Å². The normalized spacial score (nSPS) is 13.7. The average molecular weight is 251 g/mol. The highest BCUT2D eigenvalue weighted by molar-refractivity contribution is 5.82. The van der Waals surface area contributed by atoms with Crippen molar-refractivity contribution in [3.8, 4) is 0 Å². The van der Waals surface area contributed by atoms with Gasteiger partial charge in [0, 0.05) is 6.92 Å². The molecule has 1 rings (SSSR count). The molecule has 0 aliphatic heterocycles. The molecule has 5 nitrogen and oxygen atoms in total. The van der Waals surface area contributed by atoms with Crippen molar-refractivity contribution in [2.75, 3.05) is 6.61 Å². The third kappa shape index (κ3) is 4.55. The lowest BCUT2D eigenvalue weighted by atomic mass is 10.1. The van der Waals surface area contributed by atoms with Gasteiger partial charge in [0.05, 0.1) is 12.7 Å². The number of amides is 1. The summed E-state index contributed by atoms with van der Waals surface area (Å²) in [5.74, 6) is -1.50. The van der Waals surface area contributed by atoms with E-state index in [4.69, 9.17) is 9.84 Å². The zero-order valence-electron chi connectivity index (χ0n) is 10.4. The number of carboxylic acids is 1. The number of carboxylic acid groups (broad SMARTS) is 1. The van der Waals surface area contributed by atoms with E-state index in [1.54, 1.807) is 0 Å². The predicted octanol–water partition coefficient (Wildman–Crippen LogP) is 1.35. The number of ether oxygens (including phenoxy) is 1. The number of rotatable bonds is 6. The SMILES string of the molecule is CC(=O)N[C@@H](CO[C@@H](C)c1ccccc1)C(=O)O. The van der Waals surface area contributed by atoms with E-state index in [1.165, 1.54) is 6.92 Å². The first-order valence-electron chi connectivity index (χ1n) is 5.67. The molecule has 0 aromatic heterocycles. The van der Waals surface area contributed by atoms with Gasteiger partial charge in [-0.1, -0.05) is 30.3 Å². The summed E-state index contributed by atoms with van der Waals surface area (Å²) >= 11 is 0. The molecular weight excluding hydrogens is 234 g/mol. The molecule has 0 fully saturated rings. The number of aliphatic carboxylic acids is 1. The molecule has 0 saturated carbocycles. The molecule has 5 heteroatoms. The molecule has 0 bridgehead atoms. The third-order valence-corrected chi connectivity index (χ3v) is 2.46. The lowest BCUT2D eigenvalue weighted by Crippen LogP contribution is -2.43. The molecule has 98 valence electrons. The summed E-state index contributed by atoms with van der Waals surface area (Å²) < 4.78 is 5.46. The lowest BCUT2D eigenvalue weighted by molar-refractivity contribution is -0.144. The molecule has 0 radical (unpaired) electrons. The molecule has 18 heavy (non-hydrogen) atoms. The maximum atomic E-state index is 10.9. The molecule has 0 saturated heterocycles. The van der Waals surface area contributed by atoms with E-state index in [0.29, 0.717) is 0 Å². The zero-order valence-corrected chi connectivity index (χ0v) is 10.4. The van der Waals surface area contributed by atoms with Crippen LogP contribution in [0.2, 0.25) is 0 Å². The molecule has 1 aromatic rings. The standard InChI is InChI=1S/C13H17NO4/c1-9(11-6-4-3-5-7-11)18-8-12(13(16)17)14-10(2)15/h3-7,9,12H,8H2,1-2H3,(H,14,15)(H,16,17)/t9-,12-/m0/s1. The maximum absolute atomic E-state index is 10.9. The minimum absolute atomic E-state index is 0.0645. The number of carbonyl (C=O) groups excluding carboxylic acids is 1. The Hall–Kier alpha value is -1.88. The van der Waals surface area contributed by atoms with Crippen LogP contribution in [0.25, 0.3) is 0 Å². The summed E-state index contributed by atoms with van der Waals surface area (Å²) in [5, 5.41) is 11.2. The van der Waals surface area contributed by atoms with Gasteiger partial charge in [0.1, 0.15) is 0 Å². The topological polar surface area (TPSA) is 75.6 Å². The summed E-state index contributed by atoms with van der Waals surface area (Å²) in [6.45, 7) is 3.05. The Balaban J connectivity index is 2.52. The Bertz CT molecular complexity index is 405. The monoisotopic (exact) mass is 251 g/mol. The van der Waals surface area contributed by atoms with Crippen molar-refractivity contribution in [3.63, 3.8) is 0 Å². The highest BCUT2D eigenvalue weighted by Crippen LogP contribution is 2.15. The highest BCUT2D eigenvalue weighted by atomic mass is 16.5. The van der Waals surface area contributed by atoms with Crippen molar-refractivity contribution in [1.82, 2.24) is 5.32 Å². The van der Waals surface area contributed by atoms with Crippen LogP contribution in [0.4, 0.5) is 0 Å². The number of benzene rings is 1. The largest absolute Gasteiger partial charge is 0.480 e. The molecule has 0 heterocycles. The fourth-order valence-electron chi connectivity index (χ4n) is 1.48. The molecule has 1 aromatic carbocycles. The van der Waals surface area contributed by atoms with Crippen molar-refractivity contribution in [1.29, 1.82) is 0 Å². The highest BCUT2D eigenvalue weighted by Gasteiger charge is 2.19. The van der Waals surface area contributed by atoms with Crippen LogP contribution < -0.4 is 5.32 Å². The van der Waals surface area contributed by atoms with Crippen molar-refractivity contribution < 1.29 is 19.4 Å². The lowest BCUT2D eigenvalue weighted by Gasteiger charge is -2.18. The van der Waals surface area contributed by atoms with E-state index in [2.05, 4.69) is 5.32 Å². The van der Waals surface area contributed by atoms with E-state index < -0.39 is 17.9 Å². The molecule has 2 atom stereocenters. The van der Waals surface area contributed by atoms with Gasteiger partial charge < -0.3 is 15.2 Å². The van der Waals surface area contributed by atoms with Gasteiger partial charge in [-0.2, -0.15) is 0 Å². The quantitative estimate of drug-likeness (QED) is 0.800. The Morgan fingerprint density at radius 1 is 1.33 bits per heavy atom. The fraction of sp³-hybridized carbons (Fsp3) is 0.385. The molecule has 1 amide bonds. The second-order valence-corrected chi connectivity index (χ2v) is 3.98. The minimum atomic E-state index is -1.11. The number of hydrogen-bond donors (Lipinski definition) is 2. The molecule has 0 aliphatic rings. The molecular formula is C13H17NO4. The van der Waals surface area contributed by atoms with Crippen molar-refractivity contribution in [2.45, 2.75) is 26.0 Å². The number of hydrogen-bond acceptors (Lipinski definition) is 3. The van der Waals surface area contributed by atoms with Gasteiger partial charge in [0.15, 0.2) is 6.04 Å². The van der Waals surface area contributed by atoms with Gasteiger partial charge >= 0.3 is 5.97 Å². The summed E-state index contributed by atoms with van der Waals surface area (Å²) in [7, 11) is 0. The van der Waals surface area contributed by atoms with Crippen molar-refractivity contribution in [2.24, 2.45) is 0 Å². The van der Waals surface area contributed by atoms with Crippen LogP contribution in [-0.4, -0.2) is 29.6 Å². The van der Waals surface area contributed by atoms with Crippen molar-refractivity contribution >= 4 is 11.9 Å². The van der Waals surface area contributed by atoms with Crippen LogP contribution >= 0.6 is 0 Å². The molecule has 0 aliphatic carbocycles. The first-order valence-corrected chi connectivity index (χ1v) is 5.67. The Morgan fingerprint density at radius 2 is 1.94 bits per heavy atom. The smallest absolute Gasteiger partial charge is 0.328 e. The summed E-state index contributed by atoms with van der Waals surface area (Å²) in [4.78, 5) is 21.7. The van der Waals surface area contributed by atoms with Crippen LogP contribution in [0.1, 0.15) is 25.5 Å². The van der Waals surface area contributed by atoms with E-state index in [0.717, 1.165) is 5.56 Å². The molecule has 0 unspecified atom stereocenters. The third-order valence-electron chi connectivity index (χ3n) is 2.46. The van der Waals surface area contributed by atoms with Crippen LogP contribution in [0.15, 0.2) is 30.3 Å². The van der Waals surface area contributed by atoms with Gasteiger partial charge in [-0.3, -0.25) is 4.79 Å². The van der Waals surface area contributed by atoms with Gasteiger partial charge in [-0.25, -0.2) is 4.79 Å². The molecule has 0 spiro atoms. The van der Waals surface area contributed by atoms with E-state index in [1.807, 2.05) is 37.3 Å². The maximum Gasteiger partial charge on any atom is 0.328 e. The summed E-state index contributed by atoms with van der Waals surface area (Å²) in [6, 6.07) is 8.45. The van der Waals surface area contributed by atoms with Crippen LogP contribution in [0.5, 0.6) is 0 Å². The second kappa shape index (κ2) is 6.76. The summed E-state index contributed by atoms with van der Waals surface area (Å²) in [5.41, 5.74) is 0.962. The summed E-state index contributed by atoms with van der Waals surface area (Å²) in [6.07, 6.45) is -0.221. The van der Waals surface area contributed by atoms with E-state index in [9.17, 15) is 9.59 Å². The first kappa shape index (κ1) is 14.2. The van der Waals surface area contributed by atoms with Crippen LogP contribution in [0, 0.1) is 0 Å². The van der Waals surface area contributed by atoms with Crippen LogP contribution in [0.3, 0.4) is 0 Å². The van der Waals surface area contributed by atoms with Gasteiger partial charge in [0.25, 0.3) is 0 Å². The van der Waals surface area contributed by atoms with Gasteiger partial charge in [-0.15, -0.1) is 0 Å². The Morgan fingerprint density at radius 3 is 2.44 bits per heavy atom. The van der Waals surface area contributed by atoms with Crippen molar-refractivity contribution in [3.05, 3.63) is 35.9 Å². The Kier molecular flexibility index (Phi) is 5.32.